The molecule has 0 bridgehead atoms. The smallest absolute Gasteiger partial charge is 0.345 e. The van der Waals surface area contributed by atoms with Crippen molar-refractivity contribution in [1.29, 1.82) is 0 Å². The predicted octanol–water partition coefficient (Wildman–Crippen LogP) is 2.25. The molecule has 3 nitrogen and oxygen atoms in total. The summed E-state index contributed by atoms with van der Waals surface area (Å²) < 4.78 is 5.60. The highest BCUT2D eigenvalue weighted by atomic mass is 32.1. The largest absolute Gasteiger partial charge is 0.477 e. The van der Waals surface area contributed by atoms with Crippen molar-refractivity contribution >= 4 is 17.3 Å². The molecule has 0 atom stereocenters. The van der Waals surface area contributed by atoms with Crippen LogP contribution in [0.2, 0.25) is 0 Å². The lowest BCUT2D eigenvalue weighted by molar-refractivity contribution is -0.0303. The van der Waals surface area contributed by atoms with E-state index in [0.717, 1.165) is 16.9 Å². The van der Waals surface area contributed by atoms with Crippen molar-refractivity contribution in [2.45, 2.75) is 25.9 Å². The van der Waals surface area contributed by atoms with Gasteiger partial charge in [0, 0.05) is 11.3 Å². The first-order valence-corrected chi connectivity index (χ1v) is 5.33. The number of thiophene rings is 1. The van der Waals surface area contributed by atoms with E-state index in [2.05, 4.69) is 0 Å². The second kappa shape index (κ2) is 3.07. The number of fused-ring (bicyclic) bond motifs is 1. The molecular formula is C10H12O3S. The van der Waals surface area contributed by atoms with Gasteiger partial charge in [-0.1, -0.05) is 0 Å². The molecular weight excluding hydrogens is 200 g/mol. The van der Waals surface area contributed by atoms with E-state index in [9.17, 15) is 4.79 Å². The molecule has 4 heteroatoms. The van der Waals surface area contributed by atoms with E-state index < -0.39 is 5.97 Å². The van der Waals surface area contributed by atoms with E-state index in [-0.39, 0.29) is 5.60 Å². The molecule has 1 aliphatic rings. The lowest BCUT2D eigenvalue weighted by Gasteiger charge is -2.30. The van der Waals surface area contributed by atoms with Gasteiger partial charge in [0.2, 0.25) is 0 Å². The average molecular weight is 212 g/mol. The molecule has 0 aromatic carbocycles. The first-order chi connectivity index (χ1) is 6.50. The van der Waals surface area contributed by atoms with Crippen molar-refractivity contribution in [2.75, 3.05) is 6.61 Å². The first-order valence-electron chi connectivity index (χ1n) is 4.51. The van der Waals surface area contributed by atoms with Crippen LogP contribution in [0.25, 0.3) is 0 Å². The highest BCUT2D eigenvalue weighted by Crippen LogP contribution is 2.37. The van der Waals surface area contributed by atoms with Gasteiger partial charge in [-0.25, -0.2) is 4.79 Å². The van der Waals surface area contributed by atoms with Gasteiger partial charge in [0.25, 0.3) is 0 Å². The zero-order valence-electron chi connectivity index (χ0n) is 8.16. The van der Waals surface area contributed by atoms with Gasteiger partial charge in [0.05, 0.1) is 12.2 Å². The lowest BCUT2D eigenvalue weighted by atomic mass is 9.95. The maximum Gasteiger partial charge on any atom is 0.345 e. The third-order valence-electron chi connectivity index (χ3n) is 2.46. The molecule has 0 saturated heterocycles. The predicted molar refractivity (Wildman–Crippen MR) is 54.0 cm³/mol. The highest BCUT2D eigenvalue weighted by Gasteiger charge is 2.31. The van der Waals surface area contributed by atoms with Crippen LogP contribution in [0.3, 0.4) is 0 Å². The molecule has 0 saturated carbocycles. The topological polar surface area (TPSA) is 46.5 Å². The first kappa shape index (κ1) is 9.68. The van der Waals surface area contributed by atoms with E-state index in [1.165, 1.54) is 11.3 Å². The van der Waals surface area contributed by atoms with Crippen LogP contribution in [0, 0.1) is 0 Å². The summed E-state index contributed by atoms with van der Waals surface area (Å²) in [4.78, 5) is 12.4. The second-order valence-corrected chi connectivity index (χ2v) is 5.00. The molecule has 0 spiro atoms. The maximum atomic E-state index is 10.8. The average Bonchev–Trinajstić information content (AvgIpc) is 2.48. The molecule has 1 aromatic heterocycles. The second-order valence-electron chi connectivity index (χ2n) is 3.86. The number of hydrogen-bond donors (Lipinski definition) is 1. The number of rotatable bonds is 1. The van der Waals surface area contributed by atoms with Crippen LogP contribution < -0.4 is 0 Å². The molecule has 14 heavy (non-hydrogen) atoms. The summed E-state index contributed by atoms with van der Waals surface area (Å²) in [5, 5.41) is 8.87. The Labute approximate surface area is 86.3 Å². The normalized spacial score (nSPS) is 19.0. The van der Waals surface area contributed by atoms with Crippen LogP contribution in [0.15, 0.2) is 6.07 Å². The lowest BCUT2D eigenvalue weighted by Crippen LogP contribution is -2.27. The molecule has 1 aliphatic heterocycles. The molecule has 76 valence electrons. The van der Waals surface area contributed by atoms with Crippen LogP contribution in [0.1, 0.15) is 34.0 Å². The van der Waals surface area contributed by atoms with Crippen molar-refractivity contribution in [2.24, 2.45) is 0 Å². The van der Waals surface area contributed by atoms with Crippen LogP contribution in [0.5, 0.6) is 0 Å². The zero-order chi connectivity index (χ0) is 10.3. The summed E-state index contributed by atoms with van der Waals surface area (Å²) in [7, 11) is 0. The summed E-state index contributed by atoms with van der Waals surface area (Å²) in [5.74, 6) is -0.847. The summed E-state index contributed by atoms with van der Waals surface area (Å²) >= 11 is 1.37. The van der Waals surface area contributed by atoms with Gasteiger partial charge in [-0.2, -0.15) is 0 Å². The van der Waals surface area contributed by atoms with Gasteiger partial charge in [-0.3, -0.25) is 0 Å². The summed E-state index contributed by atoms with van der Waals surface area (Å²) in [5.41, 5.74) is 0.698. The Morgan fingerprint density at radius 3 is 2.93 bits per heavy atom. The van der Waals surface area contributed by atoms with E-state index in [4.69, 9.17) is 9.84 Å². The van der Waals surface area contributed by atoms with Crippen molar-refractivity contribution in [3.63, 3.8) is 0 Å². The molecule has 0 amide bonds. The fourth-order valence-corrected chi connectivity index (χ4v) is 2.84. The zero-order valence-corrected chi connectivity index (χ0v) is 8.98. The maximum absolute atomic E-state index is 10.8. The monoisotopic (exact) mass is 212 g/mol. The minimum absolute atomic E-state index is 0.336. The van der Waals surface area contributed by atoms with Gasteiger partial charge < -0.3 is 9.84 Å². The molecule has 0 radical (unpaired) electrons. The minimum Gasteiger partial charge on any atom is -0.477 e. The van der Waals surface area contributed by atoms with Crippen molar-refractivity contribution < 1.29 is 14.6 Å². The summed E-state index contributed by atoms with van der Waals surface area (Å²) in [6.45, 7) is 4.63. The Hall–Kier alpha value is -0.870. The van der Waals surface area contributed by atoms with Gasteiger partial charge in [-0.15, -0.1) is 11.3 Å². The van der Waals surface area contributed by atoms with Gasteiger partial charge in [-0.05, 0) is 25.5 Å². The molecule has 0 fully saturated rings. The Morgan fingerprint density at radius 1 is 1.64 bits per heavy atom. The van der Waals surface area contributed by atoms with Crippen molar-refractivity contribution in [3.05, 3.63) is 21.4 Å². The van der Waals surface area contributed by atoms with E-state index in [1.54, 1.807) is 6.07 Å². The van der Waals surface area contributed by atoms with Crippen LogP contribution in [-0.4, -0.2) is 17.7 Å². The van der Waals surface area contributed by atoms with Gasteiger partial charge >= 0.3 is 5.97 Å². The third kappa shape index (κ3) is 1.44. The SMILES string of the molecule is CC1(C)OCCc2sc(C(=O)O)cc21. The van der Waals surface area contributed by atoms with Crippen molar-refractivity contribution in [1.82, 2.24) is 0 Å². The summed E-state index contributed by atoms with van der Waals surface area (Å²) in [6.07, 6.45) is 0.830. The number of hydrogen-bond acceptors (Lipinski definition) is 3. The summed E-state index contributed by atoms with van der Waals surface area (Å²) in [6, 6.07) is 1.74. The molecule has 2 rings (SSSR count). The third-order valence-corrected chi connectivity index (χ3v) is 3.64. The molecule has 0 aliphatic carbocycles. The van der Waals surface area contributed by atoms with Gasteiger partial charge in [0.1, 0.15) is 4.88 Å². The fourth-order valence-electron chi connectivity index (χ4n) is 1.71. The van der Waals surface area contributed by atoms with E-state index >= 15 is 0 Å². The van der Waals surface area contributed by atoms with Gasteiger partial charge in [0.15, 0.2) is 0 Å². The number of carbonyl (C=O) groups is 1. The molecule has 0 unspecified atom stereocenters. The number of carboxylic acids is 1. The van der Waals surface area contributed by atoms with Crippen molar-refractivity contribution in [3.8, 4) is 0 Å². The quantitative estimate of drug-likeness (QED) is 0.776. The number of ether oxygens (including phenoxy) is 1. The highest BCUT2D eigenvalue weighted by molar-refractivity contribution is 7.14. The number of aromatic carboxylic acids is 1. The molecule has 1 N–H and O–H groups in total. The minimum atomic E-state index is -0.847. The Balaban J connectivity index is 2.49. The molecule has 2 heterocycles. The fraction of sp³-hybridized carbons (Fsp3) is 0.500. The van der Waals surface area contributed by atoms with Crippen LogP contribution >= 0.6 is 11.3 Å². The Morgan fingerprint density at radius 2 is 2.36 bits per heavy atom. The number of carboxylic acid groups (broad SMARTS) is 1. The Kier molecular flexibility index (Phi) is 2.12. The Bertz CT molecular complexity index is 379. The standard InChI is InChI=1S/C10H12O3S/c1-10(2)6-5-8(9(11)12)14-7(6)3-4-13-10/h5H,3-4H2,1-2H3,(H,11,12). The van der Waals surface area contributed by atoms with E-state index in [1.807, 2.05) is 13.8 Å². The van der Waals surface area contributed by atoms with Crippen LogP contribution in [-0.2, 0) is 16.8 Å². The van der Waals surface area contributed by atoms with E-state index in [0.29, 0.717) is 11.5 Å². The molecule has 1 aromatic rings. The van der Waals surface area contributed by atoms with Crippen LogP contribution in [0.4, 0.5) is 0 Å².